The lowest BCUT2D eigenvalue weighted by atomic mass is 9.87. The van der Waals surface area contributed by atoms with E-state index < -0.39 is 37.5 Å². The molecule has 6 nitrogen and oxygen atoms in total. The molecule has 0 aromatic heterocycles. The van der Waals surface area contributed by atoms with Crippen LogP contribution in [0.2, 0.25) is 0 Å². The van der Waals surface area contributed by atoms with E-state index in [9.17, 15) is 22.8 Å². The van der Waals surface area contributed by atoms with Gasteiger partial charge in [0.2, 0.25) is 0 Å². The van der Waals surface area contributed by atoms with Crippen LogP contribution < -0.4 is 5.32 Å². The van der Waals surface area contributed by atoms with E-state index in [2.05, 4.69) is 9.84 Å². The van der Waals surface area contributed by atoms with Gasteiger partial charge in [0.25, 0.3) is 0 Å². The molecule has 0 heterocycles. The Balaban J connectivity index is 1.64. The highest BCUT2D eigenvalue weighted by Crippen LogP contribution is 2.38. The Kier molecular flexibility index (Phi) is 8.88. The van der Waals surface area contributed by atoms with Crippen molar-refractivity contribution in [3.63, 3.8) is 0 Å². The molecule has 0 aliphatic rings. The van der Waals surface area contributed by atoms with Crippen LogP contribution in [-0.4, -0.2) is 28.0 Å². The average Bonchev–Trinajstić information content (AvgIpc) is 2.79. The first-order valence-corrected chi connectivity index (χ1v) is 12.5. The largest absolute Gasteiger partial charge is 0.469 e. The van der Waals surface area contributed by atoms with Crippen LogP contribution in [0.15, 0.2) is 66.7 Å². The zero-order valence-electron chi connectivity index (χ0n) is 19.0. The first-order valence-electron chi connectivity index (χ1n) is 10.9. The average molecular weight is 509 g/mol. The molecule has 0 fully saturated rings. The second kappa shape index (κ2) is 11.5. The van der Waals surface area contributed by atoms with Gasteiger partial charge in [0.1, 0.15) is 17.5 Å². The molecule has 0 saturated carbocycles. The van der Waals surface area contributed by atoms with Crippen molar-refractivity contribution in [2.45, 2.75) is 31.4 Å². The van der Waals surface area contributed by atoms with Crippen LogP contribution in [0.4, 0.5) is 13.2 Å². The van der Waals surface area contributed by atoms with Crippen molar-refractivity contribution >= 4 is 7.82 Å². The van der Waals surface area contributed by atoms with Crippen LogP contribution >= 0.6 is 7.82 Å². The third-order valence-corrected chi connectivity index (χ3v) is 6.32. The summed E-state index contributed by atoms with van der Waals surface area (Å²) in [4.78, 5) is 17.8. The Hall–Kier alpha value is -2.52. The van der Waals surface area contributed by atoms with E-state index in [1.807, 2.05) is 19.1 Å². The Bertz CT molecular complexity index is 1170. The molecular formula is C25H27F3NO5P. The Labute approximate surface area is 201 Å². The van der Waals surface area contributed by atoms with Crippen molar-refractivity contribution in [1.82, 2.24) is 5.32 Å². The van der Waals surface area contributed by atoms with Crippen molar-refractivity contribution in [2.75, 3.05) is 13.2 Å². The maximum absolute atomic E-state index is 14.0. The minimum atomic E-state index is -4.69. The van der Waals surface area contributed by atoms with E-state index in [4.69, 9.17) is 9.79 Å². The highest BCUT2D eigenvalue weighted by Gasteiger charge is 2.30. The summed E-state index contributed by atoms with van der Waals surface area (Å²) in [6, 6.07) is 15.6. The van der Waals surface area contributed by atoms with Gasteiger partial charge in [-0.25, -0.2) is 17.7 Å². The smallest absolute Gasteiger partial charge is 0.385 e. The highest BCUT2D eigenvalue weighted by molar-refractivity contribution is 7.46. The second-order valence-corrected chi connectivity index (χ2v) is 9.52. The summed E-state index contributed by atoms with van der Waals surface area (Å²) >= 11 is 0. The summed E-state index contributed by atoms with van der Waals surface area (Å²) in [5.41, 5.74) is 0.675. The lowest BCUT2D eigenvalue weighted by Crippen LogP contribution is -2.33. The van der Waals surface area contributed by atoms with E-state index >= 15 is 0 Å². The number of nitrogens with one attached hydrogen (secondary N) is 1. The Morgan fingerprint density at radius 2 is 1.57 bits per heavy atom. The van der Waals surface area contributed by atoms with Crippen molar-refractivity contribution in [3.05, 3.63) is 95.3 Å². The third kappa shape index (κ3) is 7.73. The number of phosphoric acid groups is 1. The number of hydrogen-bond donors (Lipinski definition) is 4. The maximum Gasteiger partial charge on any atom is 0.469 e. The molecule has 0 aliphatic heterocycles. The predicted octanol–water partition coefficient (Wildman–Crippen LogP) is 5.20. The summed E-state index contributed by atoms with van der Waals surface area (Å²) in [6.45, 7) is 1.83. The Morgan fingerprint density at radius 1 is 0.943 bits per heavy atom. The quantitative estimate of drug-likeness (QED) is 0.265. The minimum absolute atomic E-state index is 0.113. The zero-order chi connectivity index (χ0) is 25.6. The van der Waals surface area contributed by atoms with Gasteiger partial charge < -0.3 is 20.2 Å². The summed E-state index contributed by atoms with van der Waals surface area (Å²) in [5, 5.41) is 14.5. The van der Waals surface area contributed by atoms with Crippen molar-refractivity contribution in [1.29, 1.82) is 0 Å². The van der Waals surface area contributed by atoms with E-state index in [1.54, 1.807) is 12.1 Å². The number of halogens is 3. The molecule has 4 N–H and O–H groups in total. The molecule has 0 aliphatic carbocycles. The molecule has 0 bridgehead atoms. The minimum Gasteiger partial charge on any atom is -0.385 e. The third-order valence-electron chi connectivity index (χ3n) is 5.80. The second-order valence-electron chi connectivity index (χ2n) is 8.28. The van der Waals surface area contributed by atoms with Gasteiger partial charge in [-0.1, -0.05) is 36.4 Å². The zero-order valence-corrected chi connectivity index (χ0v) is 19.9. The van der Waals surface area contributed by atoms with Gasteiger partial charge in [0.05, 0.1) is 12.2 Å². The topological polar surface area (TPSA) is 99.0 Å². The first-order chi connectivity index (χ1) is 16.5. The van der Waals surface area contributed by atoms with Gasteiger partial charge in [-0.15, -0.1) is 0 Å². The summed E-state index contributed by atoms with van der Waals surface area (Å²) in [7, 11) is -4.69. The van der Waals surface area contributed by atoms with Gasteiger partial charge in [-0.05, 0) is 60.8 Å². The fraction of sp³-hybridized carbons (Fsp3) is 0.280. The summed E-state index contributed by atoms with van der Waals surface area (Å²) in [5.74, 6) is -1.76. The van der Waals surface area contributed by atoms with E-state index in [0.717, 1.165) is 11.6 Å². The van der Waals surface area contributed by atoms with Gasteiger partial charge in [-0.3, -0.25) is 4.52 Å². The number of rotatable bonds is 11. The molecule has 35 heavy (non-hydrogen) atoms. The fourth-order valence-electron chi connectivity index (χ4n) is 3.80. The normalized spacial score (nSPS) is 14.5. The summed E-state index contributed by atoms with van der Waals surface area (Å²) < 4.78 is 56.0. The summed E-state index contributed by atoms with van der Waals surface area (Å²) in [6.07, 6.45) is 0.0457. The van der Waals surface area contributed by atoms with Crippen LogP contribution in [0, 0.1) is 17.5 Å². The molecule has 3 rings (SSSR count). The van der Waals surface area contributed by atoms with Crippen LogP contribution in [0.5, 0.6) is 0 Å². The molecule has 0 saturated heterocycles. The van der Waals surface area contributed by atoms with E-state index in [0.29, 0.717) is 23.2 Å². The highest BCUT2D eigenvalue weighted by atomic mass is 31.2. The standard InChI is InChI=1S/C25H27F3NO5P/c1-17(18-2-4-19(5-3-18)23-11-10-22(27)16-24(23)28)29-14-12-25(30,13-15-34-35(31,32)33)20-6-8-21(26)9-7-20/h2-11,16-17,29-30H,12-15H2,1H3,(H2,31,32,33)/t17-,25-/m0/s1. The molecule has 2 atom stereocenters. The van der Waals surface area contributed by atoms with E-state index in [1.165, 1.54) is 36.4 Å². The number of phosphoric ester groups is 1. The molecule has 0 spiro atoms. The van der Waals surface area contributed by atoms with Crippen LogP contribution in [0.1, 0.15) is 36.9 Å². The van der Waals surface area contributed by atoms with Gasteiger partial charge >= 0.3 is 7.82 Å². The SMILES string of the molecule is C[C@H](NCC[C@](O)(CCOP(=O)(O)O)c1ccc(F)cc1)c1ccc(-c2ccc(F)cc2F)cc1. The number of aliphatic hydroxyl groups is 1. The first kappa shape index (κ1) is 27.1. The lowest BCUT2D eigenvalue weighted by Gasteiger charge is -2.30. The van der Waals surface area contributed by atoms with Gasteiger partial charge in [-0.2, -0.15) is 0 Å². The van der Waals surface area contributed by atoms with Crippen molar-refractivity contribution in [2.24, 2.45) is 0 Å². The maximum atomic E-state index is 14.0. The van der Waals surface area contributed by atoms with Gasteiger partial charge in [0.15, 0.2) is 0 Å². The van der Waals surface area contributed by atoms with Crippen molar-refractivity contribution in [3.8, 4) is 11.1 Å². The van der Waals surface area contributed by atoms with Crippen molar-refractivity contribution < 1.29 is 37.2 Å². The molecule has 3 aromatic carbocycles. The fourth-order valence-corrected chi connectivity index (χ4v) is 4.12. The van der Waals surface area contributed by atoms with Crippen LogP contribution in [0.25, 0.3) is 11.1 Å². The molecule has 0 radical (unpaired) electrons. The Morgan fingerprint density at radius 3 is 2.17 bits per heavy atom. The molecule has 188 valence electrons. The van der Waals surface area contributed by atoms with Crippen LogP contribution in [0.3, 0.4) is 0 Å². The molecular weight excluding hydrogens is 482 g/mol. The molecule has 0 amide bonds. The molecule has 0 unspecified atom stereocenters. The monoisotopic (exact) mass is 509 g/mol. The molecule has 3 aromatic rings. The van der Waals surface area contributed by atoms with Crippen LogP contribution in [-0.2, 0) is 14.7 Å². The van der Waals surface area contributed by atoms with Gasteiger partial charge in [0, 0.05) is 24.1 Å². The van der Waals surface area contributed by atoms with E-state index in [-0.39, 0.29) is 18.9 Å². The number of benzene rings is 3. The molecule has 10 heteroatoms. The predicted molar refractivity (Wildman–Crippen MR) is 126 cm³/mol. The lowest BCUT2D eigenvalue weighted by molar-refractivity contribution is 0.00323. The number of hydrogen-bond acceptors (Lipinski definition) is 4.